The normalized spacial score (nSPS) is 11.6. The summed E-state index contributed by atoms with van der Waals surface area (Å²) in [7, 11) is 2.90. The Labute approximate surface area is 179 Å². The van der Waals surface area contributed by atoms with Gasteiger partial charge in [-0.3, -0.25) is 9.59 Å². The lowest BCUT2D eigenvalue weighted by Crippen LogP contribution is -2.48. The van der Waals surface area contributed by atoms with Crippen LogP contribution in [0.3, 0.4) is 0 Å². The molecule has 162 valence electrons. The van der Waals surface area contributed by atoms with Gasteiger partial charge in [-0.2, -0.15) is 0 Å². The summed E-state index contributed by atoms with van der Waals surface area (Å²) in [5.74, 6) is -0.321. The van der Waals surface area contributed by atoms with Gasteiger partial charge in [-0.1, -0.05) is 30.3 Å². The SMILES string of the molecule is COC(=O)c1cc(CN(C)C(=O)[C@H](Cc2ccccc2)NC(=O)c2ccco2)oc1C. The number of furan rings is 2. The van der Waals surface area contributed by atoms with Gasteiger partial charge >= 0.3 is 5.97 Å². The number of aryl methyl sites for hydroxylation is 1. The molecule has 0 fully saturated rings. The molecule has 0 radical (unpaired) electrons. The topological polar surface area (TPSA) is 102 Å². The molecule has 0 saturated heterocycles. The maximum Gasteiger partial charge on any atom is 0.341 e. The Kier molecular flexibility index (Phi) is 6.92. The molecule has 2 aromatic heterocycles. The molecule has 1 atom stereocenters. The lowest BCUT2D eigenvalue weighted by Gasteiger charge is -2.24. The number of carbonyl (C=O) groups is 3. The van der Waals surface area contributed by atoms with Crippen molar-refractivity contribution in [1.82, 2.24) is 10.2 Å². The summed E-state index contributed by atoms with van der Waals surface area (Å²) in [6.07, 6.45) is 1.70. The smallest absolute Gasteiger partial charge is 0.341 e. The van der Waals surface area contributed by atoms with Gasteiger partial charge in [0, 0.05) is 13.5 Å². The molecule has 0 bridgehead atoms. The van der Waals surface area contributed by atoms with E-state index in [1.165, 1.54) is 24.3 Å². The highest BCUT2D eigenvalue weighted by molar-refractivity contribution is 5.95. The van der Waals surface area contributed by atoms with E-state index in [0.717, 1.165) is 5.56 Å². The minimum absolute atomic E-state index is 0.123. The number of hydrogen-bond donors (Lipinski definition) is 1. The van der Waals surface area contributed by atoms with Crippen molar-refractivity contribution < 1.29 is 28.0 Å². The first-order valence-corrected chi connectivity index (χ1v) is 9.70. The molecule has 8 nitrogen and oxygen atoms in total. The second-order valence-electron chi connectivity index (χ2n) is 7.06. The molecule has 2 heterocycles. The average Bonchev–Trinajstić information content (AvgIpc) is 3.43. The molecule has 31 heavy (non-hydrogen) atoms. The standard InChI is InChI=1S/C23H24N2O6/c1-15-18(23(28)29-3)13-17(31-15)14-25(2)22(27)19(12-16-8-5-4-6-9-16)24-21(26)20-10-7-11-30-20/h4-11,13,19H,12,14H2,1-3H3,(H,24,26)/t19-/m0/s1. The van der Waals surface area contributed by atoms with Crippen LogP contribution >= 0.6 is 0 Å². The summed E-state index contributed by atoms with van der Waals surface area (Å²) in [6.45, 7) is 1.78. The Hall–Kier alpha value is -3.81. The molecule has 0 aliphatic heterocycles. The number of hydrogen-bond acceptors (Lipinski definition) is 6. The molecule has 0 aliphatic carbocycles. The Morgan fingerprint density at radius 2 is 1.87 bits per heavy atom. The number of esters is 1. The average molecular weight is 424 g/mol. The number of amides is 2. The van der Waals surface area contributed by atoms with Crippen LogP contribution in [0, 0.1) is 6.92 Å². The summed E-state index contributed by atoms with van der Waals surface area (Å²) in [5, 5.41) is 2.75. The number of nitrogens with zero attached hydrogens (tertiary/aromatic N) is 1. The summed E-state index contributed by atoms with van der Waals surface area (Å²) >= 11 is 0. The van der Waals surface area contributed by atoms with Crippen molar-refractivity contribution in [1.29, 1.82) is 0 Å². The molecule has 0 aliphatic rings. The van der Waals surface area contributed by atoms with Gasteiger partial charge in [-0.05, 0) is 30.7 Å². The van der Waals surface area contributed by atoms with Crippen LogP contribution in [0.1, 0.15) is 38.0 Å². The largest absolute Gasteiger partial charge is 0.465 e. The van der Waals surface area contributed by atoms with Crippen LogP contribution in [0.15, 0.2) is 63.6 Å². The molecular weight excluding hydrogens is 400 g/mol. The predicted molar refractivity (Wildman–Crippen MR) is 111 cm³/mol. The van der Waals surface area contributed by atoms with Gasteiger partial charge in [-0.25, -0.2) is 4.79 Å². The zero-order chi connectivity index (χ0) is 22.4. The third-order valence-corrected chi connectivity index (χ3v) is 4.77. The molecular formula is C23H24N2O6. The van der Waals surface area contributed by atoms with Gasteiger partial charge in [0.05, 0.1) is 19.9 Å². The molecule has 2 amide bonds. The van der Waals surface area contributed by atoms with E-state index in [1.54, 1.807) is 26.1 Å². The van der Waals surface area contributed by atoms with Crippen molar-refractivity contribution in [3.05, 3.63) is 83.2 Å². The van der Waals surface area contributed by atoms with E-state index in [0.29, 0.717) is 23.5 Å². The first-order valence-electron chi connectivity index (χ1n) is 9.70. The van der Waals surface area contributed by atoms with Gasteiger partial charge in [0.2, 0.25) is 5.91 Å². The Balaban J connectivity index is 1.76. The molecule has 0 spiro atoms. The Morgan fingerprint density at radius 1 is 1.13 bits per heavy atom. The van der Waals surface area contributed by atoms with Crippen molar-refractivity contribution >= 4 is 17.8 Å². The van der Waals surface area contributed by atoms with Gasteiger partial charge in [0.25, 0.3) is 5.91 Å². The lowest BCUT2D eigenvalue weighted by molar-refractivity contribution is -0.132. The number of rotatable bonds is 8. The molecule has 8 heteroatoms. The first-order chi connectivity index (χ1) is 14.9. The number of benzene rings is 1. The molecule has 3 aromatic rings. The number of methoxy groups -OCH3 is 1. The molecule has 1 N–H and O–H groups in total. The summed E-state index contributed by atoms with van der Waals surface area (Å²) in [6, 6.07) is 13.3. The first kappa shape index (κ1) is 21.9. The van der Waals surface area contributed by atoms with E-state index in [9.17, 15) is 14.4 Å². The van der Waals surface area contributed by atoms with E-state index in [1.807, 2.05) is 30.3 Å². The van der Waals surface area contributed by atoms with Crippen molar-refractivity contribution in [3.63, 3.8) is 0 Å². The quantitative estimate of drug-likeness (QED) is 0.558. The number of nitrogens with one attached hydrogen (secondary N) is 1. The number of carbonyl (C=O) groups excluding carboxylic acids is 3. The van der Waals surface area contributed by atoms with Gasteiger partial charge < -0.3 is 23.8 Å². The van der Waals surface area contributed by atoms with Gasteiger partial charge in [0.1, 0.15) is 23.1 Å². The maximum absolute atomic E-state index is 13.2. The van der Waals surface area contributed by atoms with E-state index in [4.69, 9.17) is 13.6 Å². The fraction of sp³-hybridized carbons (Fsp3) is 0.261. The number of ether oxygens (including phenoxy) is 1. The van der Waals surface area contributed by atoms with Crippen LogP contribution in [-0.2, 0) is 22.5 Å². The molecule has 0 saturated carbocycles. The second-order valence-corrected chi connectivity index (χ2v) is 7.06. The minimum atomic E-state index is -0.818. The molecule has 0 unspecified atom stereocenters. The monoisotopic (exact) mass is 424 g/mol. The van der Waals surface area contributed by atoms with E-state index in [2.05, 4.69) is 5.32 Å². The van der Waals surface area contributed by atoms with Crippen molar-refractivity contribution in [2.75, 3.05) is 14.2 Å². The highest BCUT2D eigenvalue weighted by atomic mass is 16.5. The third-order valence-electron chi connectivity index (χ3n) is 4.77. The van der Waals surface area contributed by atoms with Gasteiger partial charge in [-0.15, -0.1) is 0 Å². The highest BCUT2D eigenvalue weighted by Crippen LogP contribution is 2.18. The minimum Gasteiger partial charge on any atom is -0.465 e. The Morgan fingerprint density at radius 3 is 2.52 bits per heavy atom. The third kappa shape index (κ3) is 5.42. The van der Waals surface area contributed by atoms with Crippen LogP contribution in [-0.4, -0.2) is 42.9 Å². The van der Waals surface area contributed by atoms with Crippen LogP contribution in [0.25, 0.3) is 0 Å². The lowest BCUT2D eigenvalue weighted by atomic mass is 10.0. The fourth-order valence-corrected chi connectivity index (χ4v) is 3.20. The van der Waals surface area contributed by atoms with Crippen LogP contribution < -0.4 is 5.32 Å². The summed E-state index contributed by atoms with van der Waals surface area (Å²) in [4.78, 5) is 38.9. The number of likely N-dealkylation sites (N-methyl/N-ethyl adjacent to an activating group) is 1. The van der Waals surface area contributed by atoms with Crippen molar-refractivity contribution in [2.24, 2.45) is 0 Å². The second kappa shape index (κ2) is 9.80. The maximum atomic E-state index is 13.2. The van der Waals surface area contributed by atoms with E-state index >= 15 is 0 Å². The van der Waals surface area contributed by atoms with E-state index < -0.39 is 17.9 Å². The van der Waals surface area contributed by atoms with Crippen molar-refractivity contribution in [2.45, 2.75) is 25.9 Å². The summed E-state index contributed by atoms with van der Waals surface area (Å²) < 4.78 is 15.5. The Bertz CT molecular complexity index is 1040. The highest BCUT2D eigenvalue weighted by Gasteiger charge is 2.27. The fourth-order valence-electron chi connectivity index (χ4n) is 3.20. The van der Waals surface area contributed by atoms with Crippen LogP contribution in [0.4, 0.5) is 0 Å². The van der Waals surface area contributed by atoms with Crippen LogP contribution in [0.2, 0.25) is 0 Å². The predicted octanol–water partition coefficient (Wildman–Crippen LogP) is 2.97. The van der Waals surface area contributed by atoms with E-state index in [-0.39, 0.29) is 18.2 Å². The van der Waals surface area contributed by atoms with Crippen molar-refractivity contribution in [3.8, 4) is 0 Å². The zero-order valence-electron chi connectivity index (χ0n) is 17.6. The summed E-state index contributed by atoms with van der Waals surface area (Å²) in [5.41, 5.74) is 1.21. The molecule has 3 rings (SSSR count). The molecule has 1 aromatic carbocycles. The van der Waals surface area contributed by atoms with Crippen LogP contribution in [0.5, 0.6) is 0 Å². The zero-order valence-corrected chi connectivity index (χ0v) is 17.6. The van der Waals surface area contributed by atoms with Gasteiger partial charge in [0.15, 0.2) is 5.76 Å².